The van der Waals surface area contributed by atoms with E-state index in [1.54, 1.807) is 47.5 Å². The summed E-state index contributed by atoms with van der Waals surface area (Å²) in [5.41, 5.74) is 2.45. The smallest absolute Gasteiger partial charge is 0.285 e. The summed E-state index contributed by atoms with van der Waals surface area (Å²) in [4.78, 5) is 17.4. The predicted molar refractivity (Wildman–Crippen MR) is 101 cm³/mol. The molecule has 0 atom stereocenters. The molecule has 1 aliphatic heterocycles. The largest absolute Gasteiger partial charge is 0.292 e. The van der Waals surface area contributed by atoms with Crippen LogP contribution in [-0.4, -0.2) is 53.8 Å². The Morgan fingerprint density at radius 3 is 2.78 bits per heavy atom. The summed E-state index contributed by atoms with van der Waals surface area (Å²) in [6.07, 6.45) is 4.81. The van der Waals surface area contributed by atoms with E-state index in [0.29, 0.717) is 23.6 Å². The van der Waals surface area contributed by atoms with E-state index in [2.05, 4.69) is 10.1 Å². The molecule has 8 nitrogen and oxygen atoms in total. The number of hydrogen-bond acceptors (Lipinski definition) is 6. The van der Waals surface area contributed by atoms with Crippen molar-refractivity contribution in [3.8, 4) is 0 Å². The van der Waals surface area contributed by atoms with E-state index in [0.717, 1.165) is 11.3 Å². The van der Waals surface area contributed by atoms with Crippen molar-refractivity contribution in [3.63, 3.8) is 0 Å². The third-order valence-electron chi connectivity index (χ3n) is 4.52. The van der Waals surface area contributed by atoms with E-state index in [9.17, 15) is 13.2 Å². The zero-order valence-corrected chi connectivity index (χ0v) is 16.2. The standard InChI is InChI=1S/C17H16ClN5O3S/c1-21-15-4-3-13(27(2,25)26)7-11(15)5-6-23(21)17(24)14-8-16-19-9-12(18)10-22(16)20-14/h3-4,7-10H,5-6H2,1-2H3. The van der Waals surface area contributed by atoms with Crippen LogP contribution < -0.4 is 5.01 Å². The van der Waals surface area contributed by atoms with Crippen LogP contribution in [0.15, 0.2) is 41.6 Å². The first-order chi connectivity index (χ1) is 12.7. The van der Waals surface area contributed by atoms with E-state index >= 15 is 0 Å². The van der Waals surface area contributed by atoms with Gasteiger partial charge in [-0.05, 0) is 30.2 Å². The molecule has 0 fully saturated rings. The normalized spacial score (nSPS) is 14.5. The summed E-state index contributed by atoms with van der Waals surface area (Å²) >= 11 is 5.91. The maximum absolute atomic E-state index is 13.0. The van der Waals surface area contributed by atoms with Crippen molar-refractivity contribution < 1.29 is 13.2 Å². The Morgan fingerprint density at radius 1 is 1.26 bits per heavy atom. The molecule has 1 aromatic carbocycles. The Hall–Kier alpha value is -2.65. The molecule has 1 aliphatic rings. The molecule has 10 heteroatoms. The fraction of sp³-hybridized carbons (Fsp3) is 0.235. The van der Waals surface area contributed by atoms with Gasteiger partial charge in [0.25, 0.3) is 5.91 Å². The van der Waals surface area contributed by atoms with E-state index < -0.39 is 9.84 Å². The first kappa shape index (κ1) is 17.7. The van der Waals surface area contributed by atoms with Gasteiger partial charge in [-0.1, -0.05) is 11.6 Å². The quantitative estimate of drug-likeness (QED) is 0.646. The summed E-state index contributed by atoms with van der Waals surface area (Å²) in [7, 11) is -1.51. The number of sulfone groups is 1. The van der Waals surface area contributed by atoms with Gasteiger partial charge in [0.15, 0.2) is 21.2 Å². The molecule has 0 N–H and O–H groups in total. The number of rotatable bonds is 2. The monoisotopic (exact) mass is 405 g/mol. The van der Waals surface area contributed by atoms with Crippen LogP contribution >= 0.6 is 11.6 Å². The van der Waals surface area contributed by atoms with Gasteiger partial charge in [0.1, 0.15) is 0 Å². The highest BCUT2D eigenvalue weighted by atomic mass is 35.5. The number of carbonyl (C=O) groups excluding carboxylic acids is 1. The van der Waals surface area contributed by atoms with Crippen molar-refractivity contribution in [3.05, 3.63) is 52.9 Å². The Labute approximate surface area is 160 Å². The molecular formula is C17H16ClN5O3S. The number of amides is 1. The highest BCUT2D eigenvalue weighted by molar-refractivity contribution is 7.90. The summed E-state index contributed by atoms with van der Waals surface area (Å²) in [5, 5.41) is 7.98. The average molecular weight is 406 g/mol. The molecule has 3 aromatic rings. The van der Waals surface area contributed by atoms with Crippen molar-refractivity contribution in [1.82, 2.24) is 19.6 Å². The van der Waals surface area contributed by atoms with Crippen LogP contribution in [0.5, 0.6) is 0 Å². The SMILES string of the molecule is CN1c2ccc(S(C)(=O)=O)cc2CCN1C(=O)c1cc2ncc(Cl)cn2n1. The van der Waals surface area contributed by atoms with Gasteiger partial charge in [-0.15, -0.1) is 0 Å². The lowest BCUT2D eigenvalue weighted by Gasteiger charge is -2.38. The molecule has 2 aromatic heterocycles. The topological polar surface area (TPSA) is 87.9 Å². The van der Waals surface area contributed by atoms with Crippen LogP contribution in [0.3, 0.4) is 0 Å². The number of hydrazine groups is 1. The lowest BCUT2D eigenvalue weighted by Crippen LogP contribution is -2.48. The highest BCUT2D eigenvalue weighted by Crippen LogP contribution is 2.29. The average Bonchev–Trinajstić information content (AvgIpc) is 3.03. The molecule has 1 amide bonds. The van der Waals surface area contributed by atoms with Crippen molar-refractivity contribution in [2.75, 3.05) is 24.9 Å². The van der Waals surface area contributed by atoms with Gasteiger partial charge in [0.05, 0.1) is 21.8 Å². The molecule has 140 valence electrons. The number of fused-ring (bicyclic) bond motifs is 2. The number of halogens is 1. The first-order valence-electron chi connectivity index (χ1n) is 8.13. The zero-order chi connectivity index (χ0) is 19.3. The second kappa shape index (κ2) is 6.21. The molecule has 0 unspecified atom stereocenters. The Bertz CT molecular complexity index is 1170. The number of anilines is 1. The van der Waals surface area contributed by atoms with Gasteiger partial charge in [-0.25, -0.2) is 22.9 Å². The van der Waals surface area contributed by atoms with Gasteiger partial charge in [-0.2, -0.15) is 5.10 Å². The minimum absolute atomic E-state index is 0.257. The minimum Gasteiger partial charge on any atom is -0.285 e. The molecule has 27 heavy (non-hydrogen) atoms. The second-order valence-electron chi connectivity index (χ2n) is 6.37. The molecule has 0 spiro atoms. The molecule has 4 rings (SSSR count). The van der Waals surface area contributed by atoms with Gasteiger partial charge < -0.3 is 0 Å². The van der Waals surface area contributed by atoms with E-state index in [4.69, 9.17) is 11.6 Å². The van der Waals surface area contributed by atoms with Crippen LogP contribution in [0.1, 0.15) is 16.1 Å². The van der Waals surface area contributed by atoms with Gasteiger partial charge in [0.2, 0.25) is 0 Å². The molecular weight excluding hydrogens is 390 g/mol. The summed E-state index contributed by atoms with van der Waals surface area (Å²) < 4.78 is 25.0. The van der Waals surface area contributed by atoms with E-state index in [1.165, 1.54) is 17.0 Å². The summed E-state index contributed by atoms with van der Waals surface area (Å²) in [6.45, 7) is 0.414. The predicted octanol–water partition coefficient (Wildman–Crippen LogP) is 1.84. The summed E-state index contributed by atoms with van der Waals surface area (Å²) in [6, 6.07) is 6.54. The summed E-state index contributed by atoms with van der Waals surface area (Å²) in [5.74, 6) is -0.267. The zero-order valence-electron chi connectivity index (χ0n) is 14.6. The minimum atomic E-state index is -3.27. The lowest BCUT2D eigenvalue weighted by molar-refractivity contribution is 0.0732. The van der Waals surface area contributed by atoms with Crippen molar-refractivity contribution in [2.24, 2.45) is 0 Å². The number of aromatic nitrogens is 3. The molecule has 0 bridgehead atoms. The van der Waals surface area contributed by atoms with Crippen LogP contribution in [-0.2, 0) is 16.3 Å². The third-order valence-corrected chi connectivity index (χ3v) is 5.82. The van der Waals surface area contributed by atoms with Gasteiger partial charge in [0, 0.05) is 32.1 Å². The Morgan fingerprint density at radius 2 is 2.04 bits per heavy atom. The molecule has 0 radical (unpaired) electrons. The maximum atomic E-state index is 13.0. The van der Waals surface area contributed by atoms with E-state index in [1.807, 2.05) is 0 Å². The molecule has 0 saturated heterocycles. The molecule has 3 heterocycles. The van der Waals surface area contributed by atoms with Crippen LogP contribution in [0.2, 0.25) is 5.02 Å². The van der Waals surface area contributed by atoms with Crippen molar-refractivity contribution >= 4 is 38.7 Å². The number of nitrogens with zero attached hydrogens (tertiary/aromatic N) is 5. The van der Waals surface area contributed by atoms with Crippen LogP contribution in [0, 0.1) is 0 Å². The van der Waals surface area contributed by atoms with Crippen LogP contribution in [0.4, 0.5) is 5.69 Å². The fourth-order valence-electron chi connectivity index (χ4n) is 3.14. The second-order valence-corrected chi connectivity index (χ2v) is 8.82. The number of carbonyl (C=O) groups is 1. The molecule has 0 saturated carbocycles. The molecule has 0 aliphatic carbocycles. The fourth-order valence-corrected chi connectivity index (χ4v) is 3.96. The lowest BCUT2D eigenvalue weighted by atomic mass is 10.1. The maximum Gasteiger partial charge on any atom is 0.292 e. The van der Waals surface area contributed by atoms with Crippen molar-refractivity contribution in [2.45, 2.75) is 11.3 Å². The third kappa shape index (κ3) is 3.13. The van der Waals surface area contributed by atoms with Gasteiger partial charge >= 0.3 is 0 Å². The van der Waals surface area contributed by atoms with E-state index in [-0.39, 0.29) is 16.5 Å². The van der Waals surface area contributed by atoms with Crippen molar-refractivity contribution in [1.29, 1.82) is 0 Å². The Balaban J connectivity index is 1.66. The van der Waals surface area contributed by atoms with Gasteiger partial charge in [-0.3, -0.25) is 9.80 Å². The Kier molecular flexibility index (Phi) is 4.08. The first-order valence-corrected chi connectivity index (χ1v) is 10.4. The number of hydrogen-bond donors (Lipinski definition) is 0. The highest BCUT2D eigenvalue weighted by Gasteiger charge is 2.28. The number of benzene rings is 1. The van der Waals surface area contributed by atoms with Crippen LogP contribution in [0.25, 0.3) is 5.65 Å².